The van der Waals surface area contributed by atoms with Crippen molar-refractivity contribution in [2.24, 2.45) is 11.3 Å². The fraction of sp³-hybridized carbons (Fsp3) is 0.381. The molecule has 0 bridgehead atoms. The van der Waals surface area contributed by atoms with Crippen LogP contribution in [-0.4, -0.2) is 44.8 Å². The molecule has 1 aliphatic carbocycles. The summed E-state index contributed by atoms with van der Waals surface area (Å²) >= 11 is 1.43. The van der Waals surface area contributed by atoms with Crippen molar-refractivity contribution in [2.75, 3.05) is 13.1 Å². The van der Waals surface area contributed by atoms with Crippen molar-refractivity contribution < 1.29 is 14.7 Å². The van der Waals surface area contributed by atoms with Gasteiger partial charge in [0.2, 0.25) is 0 Å². The number of amides is 1. The monoisotopic (exact) mass is 395 g/mol. The molecule has 0 spiro atoms. The second-order valence-corrected chi connectivity index (χ2v) is 8.93. The smallest absolute Gasteiger partial charge is 0.311 e. The third-order valence-electron chi connectivity index (χ3n) is 6.34. The first-order valence-corrected chi connectivity index (χ1v) is 10.4. The van der Waals surface area contributed by atoms with Crippen LogP contribution in [0, 0.1) is 18.3 Å². The average molecular weight is 395 g/mol. The molecule has 2 atom stereocenters. The Bertz CT molecular complexity index is 1090. The number of thiophene rings is 1. The molecule has 7 heteroatoms. The van der Waals surface area contributed by atoms with E-state index in [2.05, 4.69) is 5.10 Å². The molecule has 2 aromatic heterocycles. The third-order valence-corrected chi connectivity index (χ3v) is 7.44. The Kier molecular flexibility index (Phi) is 3.84. The van der Waals surface area contributed by atoms with Gasteiger partial charge in [0.25, 0.3) is 5.91 Å². The number of aliphatic carboxylic acids is 1. The number of fused-ring (bicyclic) bond motifs is 2. The van der Waals surface area contributed by atoms with Gasteiger partial charge in [-0.25, -0.2) is 4.68 Å². The number of rotatable bonds is 3. The predicted molar refractivity (Wildman–Crippen MR) is 107 cm³/mol. The minimum atomic E-state index is -0.753. The van der Waals surface area contributed by atoms with E-state index in [0.717, 1.165) is 34.4 Å². The number of para-hydroxylation sites is 1. The molecule has 6 nitrogen and oxygen atoms in total. The third kappa shape index (κ3) is 2.42. The molecule has 1 saturated carbocycles. The van der Waals surface area contributed by atoms with Crippen LogP contribution in [0.1, 0.15) is 34.6 Å². The van der Waals surface area contributed by atoms with E-state index >= 15 is 0 Å². The highest BCUT2D eigenvalue weighted by Crippen LogP contribution is 2.49. The summed E-state index contributed by atoms with van der Waals surface area (Å²) in [6.07, 6.45) is 2.50. The molecule has 28 heavy (non-hydrogen) atoms. The first kappa shape index (κ1) is 17.4. The van der Waals surface area contributed by atoms with Crippen LogP contribution in [0.15, 0.2) is 36.4 Å². The molecule has 0 unspecified atom stereocenters. The van der Waals surface area contributed by atoms with Crippen LogP contribution in [0.3, 0.4) is 0 Å². The van der Waals surface area contributed by atoms with Crippen LogP contribution in [0.4, 0.5) is 0 Å². The number of benzene rings is 1. The van der Waals surface area contributed by atoms with E-state index in [1.165, 1.54) is 11.3 Å². The van der Waals surface area contributed by atoms with Crippen molar-refractivity contribution in [3.63, 3.8) is 0 Å². The van der Waals surface area contributed by atoms with Crippen LogP contribution >= 0.6 is 11.3 Å². The number of hydrogen-bond acceptors (Lipinski definition) is 4. The Morgan fingerprint density at radius 1 is 1.29 bits per heavy atom. The second kappa shape index (κ2) is 6.17. The van der Waals surface area contributed by atoms with Crippen LogP contribution in [0.2, 0.25) is 0 Å². The number of nitrogens with zero attached hydrogens (tertiary/aromatic N) is 3. The summed E-state index contributed by atoms with van der Waals surface area (Å²) in [6.45, 7) is 2.81. The van der Waals surface area contributed by atoms with Gasteiger partial charge in [-0.2, -0.15) is 5.10 Å². The van der Waals surface area contributed by atoms with Crippen molar-refractivity contribution in [3.05, 3.63) is 47.0 Å². The zero-order valence-corrected chi connectivity index (χ0v) is 16.4. The van der Waals surface area contributed by atoms with E-state index in [9.17, 15) is 14.7 Å². The lowest BCUT2D eigenvalue weighted by Crippen LogP contribution is -2.37. The lowest BCUT2D eigenvalue weighted by molar-refractivity contribution is -0.149. The minimum Gasteiger partial charge on any atom is -0.481 e. The number of aromatic nitrogens is 2. The summed E-state index contributed by atoms with van der Waals surface area (Å²) in [6, 6.07) is 11.8. The van der Waals surface area contributed by atoms with E-state index in [-0.39, 0.29) is 11.8 Å². The van der Waals surface area contributed by atoms with E-state index < -0.39 is 11.4 Å². The molecule has 1 aliphatic heterocycles. The summed E-state index contributed by atoms with van der Waals surface area (Å²) in [5, 5.41) is 15.4. The summed E-state index contributed by atoms with van der Waals surface area (Å²) in [5.74, 6) is -0.739. The first-order valence-electron chi connectivity index (χ1n) is 9.57. The molecule has 1 amide bonds. The van der Waals surface area contributed by atoms with Gasteiger partial charge in [-0.1, -0.05) is 24.6 Å². The molecule has 3 heterocycles. The van der Waals surface area contributed by atoms with Crippen molar-refractivity contribution in [1.82, 2.24) is 14.7 Å². The van der Waals surface area contributed by atoms with Gasteiger partial charge >= 0.3 is 5.97 Å². The molecule has 2 fully saturated rings. The summed E-state index contributed by atoms with van der Waals surface area (Å²) in [5.41, 5.74) is 1.10. The quantitative estimate of drug-likeness (QED) is 0.733. The number of likely N-dealkylation sites (tertiary alicyclic amines) is 1. The fourth-order valence-corrected chi connectivity index (χ4v) is 6.00. The lowest BCUT2D eigenvalue weighted by Gasteiger charge is -2.23. The molecule has 1 N–H and O–H groups in total. The molecule has 144 valence electrons. The zero-order chi connectivity index (χ0) is 19.5. The Hall–Kier alpha value is -2.67. The van der Waals surface area contributed by atoms with Crippen LogP contribution in [-0.2, 0) is 4.79 Å². The maximum atomic E-state index is 13.2. The topological polar surface area (TPSA) is 75.4 Å². The molecular formula is C21H21N3O3S. The number of aryl methyl sites for hydroxylation is 1. The standard InChI is InChI=1S/C21H21N3O3S/c1-13-16-10-17(28-19(16)24(22-13)15-7-3-2-4-8-15)18(25)23-11-14-6-5-9-21(14,12-23)20(26)27/h2-4,7-8,10,14H,5-6,9,11-12H2,1H3,(H,26,27)/t14-,21+/m0/s1. The van der Waals surface area contributed by atoms with Crippen LogP contribution < -0.4 is 0 Å². The van der Waals surface area contributed by atoms with Gasteiger partial charge in [-0.15, -0.1) is 11.3 Å². The van der Waals surface area contributed by atoms with E-state index in [4.69, 9.17) is 0 Å². The van der Waals surface area contributed by atoms with E-state index in [1.54, 1.807) is 4.90 Å². The largest absolute Gasteiger partial charge is 0.481 e. The predicted octanol–water partition coefficient (Wildman–Crippen LogP) is 3.72. The van der Waals surface area contributed by atoms with Gasteiger partial charge in [-0.05, 0) is 43.9 Å². The van der Waals surface area contributed by atoms with Crippen molar-refractivity contribution >= 4 is 33.4 Å². The minimum absolute atomic E-state index is 0.0600. The molecular weight excluding hydrogens is 374 g/mol. The Balaban J connectivity index is 1.49. The molecule has 5 rings (SSSR count). The van der Waals surface area contributed by atoms with Gasteiger partial charge < -0.3 is 10.0 Å². The number of carboxylic acids is 1. The molecule has 1 saturated heterocycles. The van der Waals surface area contributed by atoms with Crippen LogP contribution in [0.5, 0.6) is 0 Å². The molecule has 1 aromatic carbocycles. The Labute approximate surface area is 166 Å². The van der Waals surface area contributed by atoms with Gasteiger partial charge in [0.05, 0.1) is 21.7 Å². The number of carbonyl (C=O) groups excluding carboxylic acids is 1. The van der Waals surface area contributed by atoms with Gasteiger partial charge in [0.15, 0.2) is 0 Å². The highest BCUT2D eigenvalue weighted by molar-refractivity contribution is 7.20. The van der Waals surface area contributed by atoms with Gasteiger partial charge in [0.1, 0.15) is 4.83 Å². The van der Waals surface area contributed by atoms with Crippen molar-refractivity contribution in [1.29, 1.82) is 0 Å². The Morgan fingerprint density at radius 2 is 2.07 bits per heavy atom. The van der Waals surface area contributed by atoms with E-state index in [1.807, 2.05) is 48.0 Å². The SMILES string of the molecule is Cc1nn(-c2ccccc2)c2sc(C(=O)N3C[C@@H]4CCC[C@@]4(C(=O)O)C3)cc12. The average Bonchev–Trinajstić information content (AvgIpc) is 3.42. The maximum absolute atomic E-state index is 13.2. The molecule has 3 aromatic rings. The van der Waals surface area contributed by atoms with Gasteiger partial charge in [-0.3, -0.25) is 9.59 Å². The summed E-state index contributed by atoms with van der Waals surface area (Å²) < 4.78 is 1.88. The number of carboxylic acid groups (broad SMARTS) is 1. The summed E-state index contributed by atoms with van der Waals surface area (Å²) in [7, 11) is 0. The molecule has 0 radical (unpaired) electrons. The van der Waals surface area contributed by atoms with Crippen LogP contribution in [0.25, 0.3) is 15.9 Å². The Morgan fingerprint density at radius 3 is 2.79 bits per heavy atom. The molecule has 2 aliphatic rings. The van der Waals surface area contributed by atoms with E-state index in [0.29, 0.717) is 24.4 Å². The highest BCUT2D eigenvalue weighted by Gasteiger charge is 2.55. The summed E-state index contributed by atoms with van der Waals surface area (Å²) in [4.78, 5) is 28.4. The fourth-order valence-electron chi connectivity index (χ4n) is 4.85. The number of carbonyl (C=O) groups is 2. The van der Waals surface area contributed by atoms with Gasteiger partial charge in [0, 0.05) is 18.5 Å². The van der Waals surface area contributed by atoms with Crippen molar-refractivity contribution in [2.45, 2.75) is 26.2 Å². The second-order valence-electron chi connectivity index (χ2n) is 7.90. The van der Waals surface area contributed by atoms with Crippen molar-refractivity contribution in [3.8, 4) is 5.69 Å². The normalized spacial score (nSPS) is 24.0. The first-order chi connectivity index (χ1) is 13.5. The maximum Gasteiger partial charge on any atom is 0.311 e. The zero-order valence-electron chi connectivity index (χ0n) is 15.6. The highest BCUT2D eigenvalue weighted by atomic mass is 32.1. The number of hydrogen-bond donors (Lipinski definition) is 1. The lowest BCUT2D eigenvalue weighted by atomic mass is 9.81.